The second-order valence-electron chi connectivity index (χ2n) is 11.3. The molecule has 6 aromatic rings. The standard InChI is InChI=1S/C32H30FN7O3S/c1-18(2)10-28(41)36-24-14-22(16-34-17-24)20-4-5-27-26(15-20)30(40-39-27)32-37-29-25(6-8-35-31(29)38-32)21-11-19(12-23(33)13-21)7-9-44(3,42)43/h4-6,8,11-18H,7,9-10H2,1-3H3,(H,36,41)(H,39,40)(H,35,37,38). The maximum Gasteiger partial charge on any atom is 0.224 e. The first-order valence-corrected chi connectivity index (χ1v) is 16.1. The molecule has 0 atom stereocenters. The third-order valence-electron chi connectivity index (χ3n) is 7.16. The number of halogens is 1. The molecule has 6 rings (SSSR count). The van der Waals surface area contributed by atoms with Crippen molar-refractivity contribution < 1.29 is 17.6 Å². The summed E-state index contributed by atoms with van der Waals surface area (Å²) in [7, 11) is -3.20. The zero-order valence-electron chi connectivity index (χ0n) is 24.3. The second-order valence-corrected chi connectivity index (χ2v) is 13.6. The van der Waals surface area contributed by atoms with Gasteiger partial charge in [-0.3, -0.25) is 14.9 Å². The van der Waals surface area contributed by atoms with Crippen LogP contribution in [0, 0.1) is 11.7 Å². The summed E-state index contributed by atoms with van der Waals surface area (Å²) in [6.45, 7) is 3.99. The number of sulfone groups is 1. The predicted octanol–water partition coefficient (Wildman–Crippen LogP) is 5.94. The Labute approximate surface area is 253 Å². The quantitative estimate of drug-likeness (QED) is 0.183. The van der Waals surface area contributed by atoms with Crippen molar-refractivity contribution in [1.29, 1.82) is 0 Å². The van der Waals surface area contributed by atoms with Crippen LogP contribution in [0.2, 0.25) is 0 Å². The van der Waals surface area contributed by atoms with Crippen molar-refractivity contribution in [3.63, 3.8) is 0 Å². The van der Waals surface area contributed by atoms with Crippen molar-refractivity contribution in [2.24, 2.45) is 5.92 Å². The van der Waals surface area contributed by atoms with E-state index in [1.54, 1.807) is 30.7 Å². The summed E-state index contributed by atoms with van der Waals surface area (Å²) in [5, 5.41) is 11.3. The highest BCUT2D eigenvalue weighted by atomic mass is 32.2. The summed E-state index contributed by atoms with van der Waals surface area (Å²) in [5.41, 5.74) is 6.57. The van der Waals surface area contributed by atoms with Gasteiger partial charge in [0.1, 0.15) is 21.3 Å². The lowest BCUT2D eigenvalue weighted by atomic mass is 10.0. The summed E-state index contributed by atoms with van der Waals surface area (Å²) >= 11 is 0. The molecule has 44 heavy (non-hydrogen) atoms. The zero-order valence-corrected chi connectivity index (χ0v) is 25.2. The molecular formula is C32H30FN7O3S. The lowest BCUT2D eigenvalue weighted by Gasteiger charge is -2.09. The van der Waals surface area contributed by atoms with Gasteiger partial charge >= 0.3 is 0 Å². The number of fused-ring (bicyclic) bond motifs is 2. The van der Waals surface area contributed by atoms with Crippen molar-refractivity contribution in [3.05, 3.63) is 78.5 Å². The Balaban J connectivity index is 1.36. The van der Waals surface area contributed by atoms with Gasteiger partial charge < -0.3 is 10.3 Å². The first-order valence-electron chi connectivity index (χ1n) is 14.1. The molecule has 4 aromatic heterocycles. The number of carbonyl (C=O) groups is 1. The molecule has 0 saturated heterocycles. The van der Waals surface area contributed by atoms with Gasteiger partial charge in [-0.15, -0.1) is 0 Å². The van der Waals surface area contributed by atoms with Crippen LogP contribution >= 0.6 is 0 Å². The number of pyridine rings is 2. The number of carbonyl (C=O) groups excluding carboxylic acids is 1. The Morgan fingerprint density at radius 1 is 1.02 bits per heavy atom. The molecule has 0 saturated carbocycles. The monoisotopic (exact) mass is 611 g/mol. The third kappa shape index (κ3) is 6.35. The highest BCUT2D eigenvalue weighted by Gasteiger charge is 2.18. The van der Waals surface area contributed by atoms with E-state index in [1.165, 1.54) is 12.1 Å². The number of H-pyrrole nitrogens is 2. The number of hydrogen-bond acceptors (Lipinski definition) is 7. The molecule has 0 fully saturated rings. The number of nitrogens with zero attached hydrogens (tertiary/aromatic N) is 4. The zero-order chi connectivity index (χ0) is 31.0. The van der Waals surface area contributed by atoms with Crippen LogP contribution in [-0.4, -0.2) is 56.5 Å². The minimum Gasteiger partial charge on any atom is -0.335 e. The molecule has 0 aliphatic rings. The molecule has 12 heteroatoms. The molecular weight excluding hydrogens is 581 g/mol. The van der Waals surface area contributed by atoms with Gasteiger partial charge in [0.2, 0.25) is 5.91 Å². The number of benzene rings is 2. The molecule has 0 spiro atoms. The highest BCUT2D eigenvalue weighted by Crippen LogP contribution is 2.33. The molecule has 0 aliphatic carbocycles. The number of amides is 1. The van der Waals surface area contributed by atoms with E-state index < -0.39 is 15.7 Å². The number of imidazole rings is 1. The van der Waals surface area contributed by atoms with Crippen LogP contribution in [0.5, 0.6) is 0 Å². The Morgan fingerprint density at radius 3 is 2.66 bits per heavy atom. The highest BCUT2D eigenvalue weighted by molar-refractivity contribution is 7.90. The average Bonchev–Trinajstić information content (AvgIpc) is 3.59. The number of anilines is 1. The SMILES string of the molecule is CC(C)CC(=O)Nc1cncc(-c2ccc3[nH]nc(-c4nc5nccc(-c6cc(F)cc(CCS(C)(=O)=O)c6)c5[nH]4)c3c2)c1. The largest absolute Gasteiger partial charge is 0.335 e. The number of aryl methyl sites for hydroxylation is 1. The fraction of sp³-hybridized carbons (Fsp3) is 0.219. The molecule has 0 radical (unpaired) electrons. The van der Waals surface area contributed by atoms with E-state index in [4.69, 9.17) is 4.98 Å². The van der Waals surface area contributed by atoms with Crippen molar-refractivity contribution in [3.8, 4) is 33.8 Å². The summed E-state index contributed by atoms with van der Waals surface area (Å²) in [6, 6.07) is 14.0. The molecule has 1 amide bonds. The van der Waals surface area contributed by atoms with E-state index in [-0.39, 0.29) is 24.0 Å². The number of nitrogens with one attached hydrogen (secondary N) is 3. The average molecular weight is 612 g/mol. The minimum atomic E-state index is -3.20. The van der Waals surface area contributed by atoms with Gasteiger partial charge in [-0.25, -0.2) is 22.8 Å². The predicted molar refractivity (Wildman–Crippen MR) is 169 cm³/mol. The normalized spacial score (nSPS) is 11.9. The van der Waals surface area contributed by atoms with Crippen LogP contribution in [0.15, 0.2) is 67.1 Å². The molecule has 2 aromatic carbocycles. The number of aromatic nitrogens is 6. The van der Waals surface area contributed by atoms with E-state index in [0.29, 0.717) is 51.5 Å². The molecule has 0 unspecified atom stereocenters. The van der Waals surface area contributed by atoms with Crippen LogP contribution < -0.4 is 5.32 Å². The second kappa shape index (κ2) is 11.6. The van der Waals surface area contributed by atoms with Crippen LogP contribution in [0.3, 0.4) is 0 Å². The Morgan fingerprint density at radius 2 is 1.86 bits per heavy atom. The summed E-state index contributed by atoms with van der Waals surface area (Å²) in [4.78, 5) is 29.0. The first-order chi connectivity index (χ1) is 21.0. The smallest absolute Gasteiger partial charge is 0.224 e. The van der Waals surface area contributed by atoms with E-state index in [0.717, 1.165) is 28.3 Å². The van der Waals surface area contributed by atoms with E-state index in [2.05, 4.69) is 30.5 Å². The fourth-order valence-electron chi connectivity index (χ4n) is 5.14. The summed E-state index contributed by atoms with van der Waals surface area (Å²) < 4.78 is 38.0. The molecule has 0 bridgehead atoms. The molecule has 224 valence electrons. The van der Waals surface area contributed by atoms with Crippen molar-refractivity contribution in [2.45, 2.75) is 26.7 Å². The van der Waals surface area contributed by atoms with Crippen LogP contribution in [-0.2, 0) is 21.1 Å². The minimum absolute atomic E-state index is 0.0623. The fourth-order valence-corrected chi connectivity index (χ4v) is 5.75. The maximum absolute atomic E-state index is 14.6. The van der Waals surface area contributed by atoms with Crippen molar-refractivity contribution in [2.75, 3.05) is 17.3 Å². The van der Waals surface area contributed by atoms with E-state index in [1.807, 2.05) is 38.1 Å². The molecule has 0 aliphatic heterocycles. The van der Waals surface area contributed by atoms with E-state index in [9.17, 15) is 17.6 Å². The van der Waals surface area contributed by atoms with Crippen molar-refractivity contribution in [1.82, 2.24) is 30.1 Å². The maximum atomic E-state index is 14.6. The number of hydrogen-bond donors (Lipinski definition) is 3. The number of aromatic amines is 2. The van der Waals surface area contributed by atoms with Crippen molar-refractivity contribution >= 4 is 43.5 Å². The lowest BCUT2D eigenvalue weighted by Crippen LogP contribution is -2.13. The molecule has 4 heterocycles. The van der Waals surface area contributed by atoms with Crippen LogP contribution in [0.4, 0.5) is 10.1 Å². The Hall–Kier alpha value is -4.97. The third-order valence-corrected chi connectivity index (χ3v) is 8.10. The topological polar surface area (TPSA) is 146 Å². The van der Waals surface area contributed by atoms with Gasteiger partial charge in [-0.2, -0.15) is 5.10 Å². The summed E-state index contributed by atoms with van der Waals surface area (Å²) in [6.07, 6.45) is 6.75. The van der Waals surface area contributed by atoms with Crippen LogP contribution in [0.25, 0.3) is 55.8 Å². The Kier molecular flexibility index (Phi) is 7.68. The lowest BCUT2D eigenvalue weighted by molar-refractivity contribution is -0.116. The van der Waals surface area contributed by atoms with E-state index >= 15 is 0 Å². The summed E-state index contributed by atoms with van der Waals surface area (Å²) in [5.74, 6) is 0.130. The van der Waals surface area contributed by atoms with Gasteiger partial charge in [-0.1, -0.05) is 26.0 Å². The van der Waals surface area contributed by atoms with Crippen LogP contribution in [0.1, 0.15) is 25.8 Å². The van der Waals surface area contributed by atoms with Gasteiger partial charge in [0, 0.05) is 41.6 Å². The first kappa shape index (κ1) is 29.1. The molecule has 10 nitrogen and oxygen atoms in total. The Bertz CT molecular complexity index is 2140. The van der Waals surface area contributed by atoms with Gasteiger partial charge in [-0.05, 0) is 65.4 Å². The van der Waals surface area contributed by atoms with Gasteiger partial charge in [0.15, 0.2) is 11.5 Å². The van der Waals surface area contributed by atoms with Gasteiger partial charge in [0.25, 0.3) is 0 Å². The molecule has 3 N–H and O–H groups in total. The van der Waals surface area contributed by atoms with Gasteiger partial charge in [0.05, 0.1) is 28.7 Å². The number of rotatable bonds is 9.